The van der Waals surface area contributed by atoms with Crippen molar-refractivity contribution in [2.45, 2.75) is 19.8 Å². The van der Waals surface area contributed by atoms with Gasteiger partial charge >= 0.3 is 0 Å². The van der Waals surface area contributed by atoms with Crippen LogP contribution < -0.4 is 0 Å². The van der Waals surface area contributed by atoms with Gasteiger partial charge in [-0.15, -0.1) is 0 Å². The highest BCUT2D eigenvalue weighted by Gasteiger charge is 2.18. The predicted molar refractivity (Wildman–Crippen MR) is 75.5 cm³/mol. The second-order valence-electron chi connectivity index (χ2n) is 4.89. The van der Waals surface area contributed by atoms with Gasteiger partial charge in [0.05, 0.1) is 0 Å². The minimum Gasteiger partial charge on any atom is -0.339 e. The largest absolute Gasteiger partial charge is 0.339 e. The Morgan fingerprint density at radius 1 is 1.28 bits per heavy atom. The fourth-order valence-electron chi connectivity index (χ4n) is 2.08. The van der Waals surface area contributed by atoms with Crippen molar-refractivity contribution in [3.05, 3.63) is 40.9 Å². The molecule has 2 rings (SSSR count). The van der Waals surface area contributed by atoms with Crippen molar-refractivity contribution < 1.29 is 4.79 Å². The first-order chi connectivity index (χ1) is 8.65. The zero-order chi connectivity index (χ0) is 13.0. The number of carbonyl (C=O) groups excluding carboxylic acids is 1. The molecule has 0 aliphatic carbocycles. The van der Waals surface area contributed by atoms with E-state index in [0.717, 1.165) is 37.4 Å². The third-order valence-electron chi connectivity index (χ3n) is 3.38. The van der Waals surface area contributed by atoms with Crippen LogP contribution in [-0.4, -0.2) is 23.9 Å². The van der Waals surface area contributed by atoms with E-state index in [9.17, 15) is 4.79 Å². The molecule has 0 unspecified atom stereocenters. The van der Waals surface area contributed by atoms with Crippen LogP contribution in [0.1, 0.15) is 25.3 Å². The Balaban J connectivity index is 1.92. The second-order valence-corrected chi connectivity index (χ2v) is 5.33. The van der Waals surface area contributed by atoms with E-state index in [1.807, 2.05) is 35.2 Å². The van der Waals surface area contributed by atoms with Crippen molar-refractivity contribution in [1.82, 2.24) is 4.90 Å². The van der Waals surface area contributed by atoms with E-state index in [2.05, 4.69) is 6.92 Å². The Hall–Kier alpha value is -1.28. The first kappa shape index (κ1) is 13.2. The summed E-state index contributed by atoms with van der Waals surface area (Å²) in [5.74, 6) is 0.853. The van der Waals surface area contributed by atoms with Gasteiger partial charge in [-0.05, 0) is 42.5 Å². The van der Waals surface area contributed by atoms with Crippen LogP contribution in [0.3, 0.4) is 0 Å². The Morgan fingerprint density at radius 3 is 2.50 bits per heavy atom. The van der Waals surface area contributed by atoms with Crippen molar-refractivity contribution in [2.75, 3.05) is 13.1 Å². The molecule has 1 fully saturated rings. The van der Waals surface area contributed by atoms with Gasteiger partial charge in [0.25, 0.3) is 0 Å². The van der Waals surface area contributed by atoms with Gasteiger partial charge in [-0.25, -0.2) is 0 Å². The van der Waals surface area contributed by atoms with Crippen LogP contribution in [0.5, 0.6) is 0 Å². The Kier molecular flexibility index (Phi) is 4.43. The molecule has 0 aromatic heterocycles. The van der Waals surface area contributed by atoms with Crippen molar-refractivity contribution in [2.24, 2.45) is 5.92 Å². The summed E-state index contributed by atoms with van der Waals surface area (Å²) >= 11 is 5.81. The first-order valence-corrected chi connectivity index (χ1v) is 6.75. The molecule has 1 aliphatic rings. The average Bonchev–Trinajstić information content (AvgIpc) is 2.38. The number of hydrogen-bond donors (Lipinski definition) is 0. The van der Waals surface area contributed by atoms with Gasteiger partial charge in [0.1, 0.15) is 0 Å². The summed E-state index contributed by atoms with van der Waals surface area (Å²) in [4.78, 5) is 13.9. The van der Waals surface area contributed by atoms with Gasteiger partial charge in [0.15, 0.2) is 0 Å². The van der Waals surface area contributed by atoms with Crippen molar-refractivity contribution in [3.8, 4) is 0 Å². The number of likely N-dealkylation sites (tertiary alicyclic amines) is 1. The summed E-state index contributed by atoms with van der Waals surface area (Å²) in [5, 5.41) is 0.712. The van der Waals surface area contributed by atoms with Crippen molar-refractivity contribution >= 4 is 23.6 Å². The molecule has 0 saturated carbocycles. The lowest BCUT2D eigenvalue weighted by Crippen LogP contribution is -2.36. The van der Waals surface area contributed by atoms with E-state index in [1.54, 1.807) is 6.08 Å². The predicted octanol–water partition coefficient (Wildman–Crippen LogP) is 3.61. The van der Waals surface area contributed by atoms with Crippen molar-refractivity contribution in [3.63, 3.8) is 0 Å². The summed E-state index contributed by atoms with van der Waals surface area (Å²) < 4.78 is 0. The number of nitrogens with zero attached hydrogens (tertiary/aromatic N) is 1. The standard InChI is InChI=1S/C15H18ClNO/c1-12-8-10-17(11-9-12)15(18)7-4-13-2-5-14(16)6-3-13/h2-7,12H,8-11H2,1H3. The molecule has 1 heterocycles. The monoisotopic (exact) mass is 263 g/mol. The smallest absolute Gasteiger partial charge is 0.246 e. The highest BCUT2D eigenvalue weighted by Crippen LogP contribution is 2.16. The molecule has 96 valence electrons. The molecule has 18 heavy (non-hydrogen) atoms. The van der Waals surface area contributed by atoms with Crippen LogP contribution in [0, 0.1) is 5.92 Å². The molecule has 0 spiro atoms. The van der Waals surface area contributed by atoms with Crippen LogP contribution in [-0.2, 0) is 4.79 Å². The molecule has 2 nitrogen and oxygen atoms in total. The summed E-state index contributed by atoms with van der Waals surface area (Å²) in [6.45, 7) is 4.00. The molecule has 1 saturated heterocycles. The summed E-state index contributed by atoms with van der Waals surface area (Å²) in [7, 11) is 0. The van der Waals surface area contributed by atoms with Crippen molar-refractivity contribution in [1.29, 1.82) is 0 Å². The molecular weight excluding hydrogens is 246 g/mol. The number of amides is 1. The molecular formula is C15H18ClNO. The minimum absolute atomic E-state index is 0.108. The summed E-state index contributed by atoms with van der Waals surface area (Å²) in [5.41, 5.74) is 0.998. The van der Waals surface area contributed by atoms with Crippen LogP contribution in [0.15, 0.2) is 30.3 Å². The average molecular weight is 264 g/mol. The molecule has 0 N–H and O–H groups in total. The fraction of sp³-hybridized carbons (Fsp3) is 0.400. The van der Waals surface area contributed by atoms with Gasteiger partial charge in [0.2, 0.25) is 5.91 Å². The molecule has 1 aromatic rings. The number of rotatable bonds is 2. The van der Waals surface area contributed by atoms with E-state index in [4.69, 9.17) is 11.6 Å². The normalized spacial score (nSPS) is 17.3. The maximum Gasteiger partial charge on any atom is 0.246 e. The van der Waals surface area contributed by atoms with E-state index in [-0.39, 0.29) is 5.91 Å². The van der Waals surface area contributed by atoms with E-state index < -0.39 is 0 Å². The van der Waals surface area contributed by atoms with Gasteiger partial charge in [0, 0.05) is 24.2 Å². The number of piperidine rings is 1. The molecule has 0 atom stereocenters. The fourth-order valence-corrected chi connectivity index (χ4v) is 2.20. The zero-order valence-corrected chi connectivity index (χ0v) is 11.4. The molecule has 1 amide bonds. The van der Waals surface area contributed by atoms with E-state index >= 15 is 0 Å². The SMILES string of the molecule is CC1CCN(C(=O)C=Cc2ccc(Cl)cc2)CC1. The zero-order valence-electron chi connectivity index (χ0n) is 10.6. The number of hydrogen-bond acceptors (Lipinski definition) is 1. The first-order valence-electron chi connectivity index (χ1n) is 6.38. The molecule has 0 bridgehead atoms. The minimum atomic E-state index is 0.108. The van der Waals surface area contributed by atoms with E-state index in [1.165, 1.54) is 0 Å². The van der Waals surface area contributed by atoms with Gasteiger partial charge < -0.3 is 4.90 Å². The Morgan fingerprint density at radius 2 is 1.89 bits per heavy atom. The lowest BCUT2D eigenvalue weighted by molar-refractivity contribution is -0.127. The van der Waals surface area contributed by atoms with Crippen LogP contribution >= 0.6 is 11.6 Å². The maximum atomic E-state index is 12.0. The van der Waals surface area contributed by atoms with Gasteiger partial charge in [-0.2, -0.15) is 0 Å². The van der Waals surface area contributed by atoms with Crippen LogP contribution in [0.25, 0.3) is 6.08 Å². The third-order valence-corrected chi connectivity index (χ3v) is 3.64. The lowest BCUT2D eigenvalue weighted by Gasteiger charge is -2.29. The Labute approximate surface area is 113 Å². The second kappa shape index (κ2) is 6.05. The summed E-state index contributed by atoms with van der Waals surface area (Å²) in [6, 6.07) is 7.47. The molecule has 1 aromatic carbocycles. The number of halogens is 1. The van der Waals surface area contributed by atoms with E-state index in [0.29, 0.717) is 5.02 Å². The molecule has 3 heteroatoms. The number of benzene rings is 1. The highest BCUT2D eigenvalue weighted by molar-refractivity contribution is 6.30. The molecule has 1 aliphatic heterocycles. The quantitative estimate of drug-likeness (QED) is 0.747. The Bertz CT molecular complexity index is 430. The van der Waals surface area contributed by atoms with Crippen LogP contribution in [0.2, 0.25) is 5.02 Å². The summed E-state index contributed by atoms with van der Waals surface area (Å²) in [6.07, 6.45) is 5.72. The third kappa shape index (κ3) is 3.61. The molecule has 0 radical (unpaired) electrons. The van der Waals surface area contributed by atoms with Gasteiger partial charge in [-0.3, -0.25) is 4.79 Å². The highest BCUT2D eigenvalue weighted by atomic mass is 35.5. The van der Waals surface area contributed by atoms with Crippen LogP contribution in [0.4, 0.5) is 0 Å². The topological polar surface area (TPSA) is 20.3 Å². The van der Waals surface area contributed by atoms with Gasteiger partial charge in [-0.1, -0.05) is 30.7 Å². The number of carbonyl (C=O) groups is 1. The maximum absolute atomic E-state index is 12.0. The lowest BCUT2D eigenvalue weighted by atomic mass is 9.99.